The summed E-state index contributed by atoms with van der Waals surface area (Å²) in [5.74, 6) is -4.17. The summed E-state index contributed by atoms with van der Waals surface area (Å²) in [7, 11) is 0. The molecule has 2 amide bonds. The molecule has 45 heavy (non-hydrogen) atoms. The number of carboxylic acids is 1. The van der Waals surface area contributed by atoms with E-state index in [9.17, 15) is 39.0 Å². The number of aliphatic carboxylic acids is 1. The van der Waals surface area contributed by atoms with Crippen LogP contribution in [0.4, 0.5) is 0 Å². The molecule has 250 valence electrons. The van der Waals surface area contributed by atoms with Gasteiger partial charge in [-0.15, -0.1) is 0 Å². The molecule has 3 fully saturated rings. The first-order valence-corrected chi connectivity index (χ1v) is 16.1. The Labute approximate surface area is 263 Å². The molecule has 4 rings (SSSR count). The molecule has 0 spiro atoms. The molecule has 4 aliphatic rings. The molecule has 12 nitrogen and oxygen atoms in total. The Kier molecular flexibility index (Phi) is 9.99. The van der Waals surface area contributed by atoms with E-state index in [1.807, 2.05) is 6.92 Å². The Morgan fingerprint density at radius 1 is 1.02 bits per heavy atom. The predicted molar refractivity (Wildman–Crippen MR) is 160 cm³/mol. The maximum atomic E-state index is 13.5. The summed E-state index contributed by atoms with van der Waals surface area (Å²) in [4.78, 5) is 74.1. The average molecular weight is 633 g/mol. The first-order valence-electron chi connectivity index (χ1n) is 16.1. The van der Waals surface area contributed by atoms with Crippen molar-refractivity contribution >= 4 is 35.3 Å². The zero-order valence-electron chi connectivity index (χ0n) is 26.9. The minimum atomic E-state index is -1.79. The Morgan fingerprint density at radius 3 is 2.36 bits per heavy atom. The summed E-state index contributed by atoms with van der Waals surface area (Å²) in [5, 5.41) is 37.2. The summed E-state index contributed by atoms with van der Waals surface area (Å²) >= 11 is 0. The second kappa shape index (κ2) is 12.9. The lowest BCUT2D eigenvalue weighted by molar-refractivity contribution is -0.184. The highest BCUT2D eigenvalue weighted by molar-refractivity contribution is 5.93. The number of nitrogens with one attached hydrogen (secondary N) is 2. The number of allylic oxidation sites excluding steroid dienone is 1. The van der Waals surface area contributed by atoms with E-state index in [4.69, 9.17) is 9.84 Å². The van der Waals surface area contributed by atoms with Crippen LogP contribution in [-0.2, 0) is 33.5 Å². The summed E-state index contributed by atoms with van der Waals surface area (Å²) in [6.45, 7) is 7.99. The van der Waals surface area contributed by atoms with Gasteiger partial charge in [-0.3, -0.25) is 28.8 Å². The zero-order chi connectivity index (χ0) is 33.5. The van der Waals surface area contributed by atoms with Gasteiger partial charge in [-0.1, -0.05) is 33.3 Å². The highest BCUT2D eigenvalue weighted by Gasteiger charge is 2.68. The molecule has 0 aliphatic heterocycles. The van der Waals surface area contributed by atoms with E-state index in [-0.39, 0.29) is 60.6 Å². The number of carbonyl (C=O) groups is 6. The maximum absolute atomic E-state index is 13.5. The Balaban J connectivity index is 1.33. The van der Waals surface area contributed by atoms with Gasteiger partial charge in [0.15, 0.2) is 12.4 Å². The van der Waals surface area contributed by atoms with Crippen molar-refractivity contribution in [3.05, 3.63) is 11.6 Å². The molecule has 0 aromatic heterocycles. The zero-order valence-corrected chi connectivity index (χ0v) is 26.9. The van der Waals surface area contributed by atoms with Gasteiger partial charge in [0.2, 0.25) is 17.6 Å². The molecular formula is C33H48N2O10. The van der Waals surface area contributed by atoms with Crippen LogP contribution in [0.15, 0.2) is 11.6 Å². The van der Waals surface area contributed by atoms with Crippen LogP contribution in [0.25, 0.3) is 0 Å². The number of ketones is 2. The number of hydrogen-bond acceptors (Lipinski definition) is 9. The van der Waals surface area contributed by atoms with Crippen molar-refractivity contribution in [2.45, 2.75) is 116 Å². The van der Waals surface area contributed by atoms with Crippen molar-refractivity contribution < 1.29 is 48.8 Å². The Bertz CT molecular complexity index is 1280. The largest absolute Gasteiger partial charge is 0.480 e. The highest BCUT2D eigenvalue weighted by Crippen LogP contribution is 2.67. The van der Waals surface area contributed by atoms with E-state index in [2.05, 4.69) is 17.6 Å². The Hall–Kier alpha value is -3.12. The van der Waals surface area contributed by atoms with Crippen molar-refractivity contribution in [3.8, 4) is 0 Å². The fourth-order valence-electron chi connectivity index (χ4n) is 8.85. The van der Waals surface area contributed by atoms with Crippen LogP contribution in [0, 0.1) is 34.5 Å². The minimum absolute atomic E-state index is 0.0140. The van der Waals surface area contributed by atoms with Gasteiger partial charge in [0.05, 0.1) is 12.5 Å². The third-order valence-corrected chi connectivity index (χ3v) is 11.4. The first-order chi connectivity index (χ1) is 20.9. The second-order valence-corrected chi connectivity index (χ2v) is 14.4. The number of fused-ring (bicyclic) bond motifs is 5. The Morgan fingerprint density at radius 2 is 1.71 bits per heavy atom. The van der Waals surface area contributed by atoms with Gasteiger partial charge in [-0.2, -0.15) is 0 Å². The molecule has 0 bridgehead atoms. The summed E-state index contributed by atoms with van der Waals surface area (Å²) < 4.78 is 5.19. The molecule has 0 heterocycles. The van der Waals surface area contributed by atoms with Gasteiger partial charge in [0.1, 0.15) is 17.7 Å². The standard InChI is InChI=1S/C33H48N2O10/c1-17(2)28(29(41)34-18(3)30(42)43)35-25(39)8-9-26(40)45-16-24(38)33(44)13-11-22-21-7-6-19-14-20(36)10-12-31(19,4)27(21)23(37)15-32(22,33)5/h14,17-18,21-23,27-28,37,44H,6-13,15-16H2,1-5H3,(H,34,41)(H,35,39)(H,42,43)/t18-,21-,22-,23-,27+,28-,31-,32-,33-/m0/s1. The van der Waals surface area contributed by atoms with Crippen LogP contribution in [0.5, 0.6) is 0 Å². The summed E-state index contributed by atoms with van der Waals surface area (Å²) in [5.41, 5.74) is -1.89. The monoisotopic (exact) mass is 632 g/mol. The van der Waals surface area contributed by atoms with Crippen LogP contribution in [-0.4, -0.2) is 81.0 Å². The van der Waals surface area contributed by atoms with Gasteiger partial charge >= 0.3 is 11.9 Å². The van der Waals surface area contributed by atoms with Gasteiger partial charge < -0.3 is 30.7 Å². The van der Waals surface area contributed by atoms with Gasteiger partial charge in [-0.05, 0) is 80.6 Å². The van der Waals surface area contributed by atoms with Gasteiger partial charge in [0, 0.05) is 18.3 Å². The molecular weight excluding hydrogens is 584 g/mol. The number of carbonyl (C=O) groups excluding carboxylic acids is 5. The number of aliphatic hydroxyl groups excluding tert-OH is 1. The molecule has 0 radical (unpaired) electrons. The number of amides is 2. The number of Topliss-reactive ketones (excluding diaryl/α,β-unsaturated/α-hetero) is 1. The molecule has 0 aromatic rings. The lowest BCUT2D eigenvalue weighted by Crippen LogP contribution is -2.62. The SMILES string of the molecule is CC(C)[C@H](NC(=O)CCC(=O)OCC(=O)[C@@]1(O)CC[C@H]2[C@@H]3CCC4=CC(=O)CC[C@]4(C)[C@H]3[C@@H](O)C[C@@]21C)C(=O)N[C@@H](C)C(=O)O. The number of rotatable bonds is 11. The normalized spacial score (nSPS) is 35.2. The van der Waals surface area contributed by atoms with Crippen LogP contribution < -0.4 is 10.6 Å². The first kappa shape index (κ1) is 34.7. The number of aliphatic hydroxyl groups is 2. The highest BCUT2D eigenvalue weighted by atomic mass is 16.5. The van der Waals surface area contributed by atoms with Crippen LogP contribution >= 0.6 is 0 Å². The smallest absolute Gasteiger partial charge is 0.325 e. The lowest BCUT2D eigenvalue weighted by atomic mass is 9.45. The topological polar surface area (TPSA) is 196 Å². The van der Waals surface area contributed by atoms with E-state index >= 15 is 0 Å². The van der Waals surface area contributed by atoms with E-state index in [1.54, 1.807) is 19.9 Å². The van der Waals surface area contributed by atoms with Crippen molar-refractivity contribution in [2.75, 3.05) is 6.61 Å². The fourth-order valence-corrected chi connectivity index (χ4v) is 8.85. The molecule has 5 N–H and O–H groups in total. The van der Waals surface area contributed by atoms with Gasteiger partial charge in [-0.25, -0.2) is 0 Å². The van der Waals surface area contributed by atoms with Crippen molar-refractivity contribution in [1.29, 1.82) is 0 Å². The van der Waals surface area contributed by atoms with E-state index in [0.717, 1.165) is 18.4 Å². The van der Waals surface area contributed by atoms with Crippen LogP contribution in [0.3, 0.4) is 0 Å². The molecule has 0 aromatic carbocycles. The van der Waals surface area contributed by atoms with Crippen LogP contribution in [0.2, 0.25) is 0 Å². The van der Waals surface area contributed by atoms with E-state index in [1.165, 1.54) is 6.92 Å². The van der Waals surface area contributed by atoms with Crippen molar-refractivity contribution in [3.63, 3.8) is 0 Å². The molecule has 0 unspecified atom stereocenters. The molecule has 9 atom stereocenters. The third-order valence-electron chi connectivity index (χ3n) is 11.4. The minimum Gasteiger partial charge on any atom is -0.480 e. The summed E-state index contributed by atoms with van der Waals surface area (Å²) in [6.07, 6.45) is 3.99. The number of carboxylic acid groups (broad SMARTS) is 1. The van der Waals surface area contributed by atoms with Gasteiger partial charge in [0.25, 0.3) is 0 Å². The quantitative estimate of drug-likeness (QED) is 0.210. The van der Waals surface area contributed by atoms with E-state index < -0.39 is 65.3 Å². The van der Waals surface area contributed by atoms with E-state index in [0.29, 0.717) is 19.3 Å². The maximum Gasteiger partial charge on any atom is 0.325 e. The average Bonchev–Trinajstić information content (AvgIpc) is 3.23. The molecule has 4 aliphatic carbocycles. The lowest BCUT2D eigenvalue weighted by Gasteiger charge is -2.60. The number of ether oxygens (including phenoxy) is 1. The fraction of sp³-hybridized carbons (Fsp3) is 0.758. The van der Waals surface area contributed by atoms with Crippen LogP contribution in [0.1, 0.15) is 92.4 Å². The second-order valence-electron chi connectivity index (χ2n) is 14.4. The molecule has 12 heteroatoms. The van der Waals surface area contributed by atoms with Crippen molar-refractivity contribution in [1.82, 2.24) is 10.6 Å². The molecule has 0 saturated heterocycles. The van der Waals surface area contributed by atoms with Crippen molar-refractivity contribution in [2.24, 2.45) is 34.5 Å². The molecule has 3 saturated carbocycles. The summed E-state index contributed by atoms with van der Waals surface area (Å²) in [6, 6.07) is -2.16. The number of hydrogen-bond donors (Lipinski definition) is 5. The number of esters is 1. The third kappa shape index (κ3) is 6.45. The predicted octanol–water partition coefficient (Wildman–Crippen LogP) is 1.84.